The van der Waals surface area contributed by atoms with Crippen LogP contribution in [0.3, 0.4) is 0 Å². The van der Waals surface area contributed by atoms with Gasteiger partial charge in [0.2, 0.25) is 0 Å². The smallest absolute Gasteiger partial charge is 0.161 e. The van der Waals surface area contributed by atoms with Crippen LogP contribution in [0.2, 0.25) is 0 Å². The topological polar surface area (TPSA) is 106 Å². The van der Waals surface area contributed by atoms with Gasteiger partial charge < -0.3 is 19.7 Å². The van der Waals surface area contributed by atoms with E-state index >= 15 is 0 Å². The molecular weight excluding hydrogens is 428 g/mol. The van der Waals surface area contributed by atoms with E-state index in [-0.39, 0.29) is 0 Å². The fraction of sp³-hybridized carbons (Fsp3) is 0.292. The molecule has 0 bridgehead atoms. The maximum Gasteiger partial charge on any atom is 0.161 e. The van der Waals surface area contributed by atoms with Crippen LogP contribution in [0.25, 0.3) is 44.8 Å². The highest BCUT2D eigenvalue weighted by Gasteiger charge is 2.21. The van der Waals surface area contributed by atoms with Gasteiger partial charge in [-0.1, -0.05) is 0 Å². The Bertz CT molecular complexity index is 1480. The van der Waals surface area contributed by atoms with Crippen molar-refractivity contribution in [1.82, 2.24) is 40.0 Å². The molecule has 1 aliphatic rings. The Balaban J connectivity index is 1.42. The zero-order valence-corrected chi connectivity index (χ0v) is 19.4. The summed E-state index contributed by atoms with van der Waals surface area (Å²) in [5, 5.41) is 7.64. The van der Waals surface area contributed by atoms with Gasteiger partial charge in [0.05, 0.1) is 46.7 Å². The molecule has 34 heavy (non-hydrogen) atoms. The van der Waals surface area contributed by atoms with Crippen LogP contribution in [-0.2, 0) is 0 Å². The first kappa shape index (κ1) is 20.5. The lowest BCUT2D eigenvalue weighted by atomic mass is 10.1. The average molecular weight is 455 g/mol. The second-order valence-electron chi connectivity index (χ2n) is 8.92. The summed E-state index contributed by atoms with van der Waals surface area (Å²) in [4.78, 5) is 28.8. The van der Waals surface area contributed by atoms with Gasteiger partial charge in [-0.2, -0.15) is 5.10 Å². The number of hydrogen-bond donors (Lipinski definition) is 2. The SMILES string of the molecule is CN1CCN(c2cncc3[nH]c(-c4n[nH]c5ccc(-c6cncc(N(C)C)c6)nc45)nc23)CC1. The molecule has 10 heteroatoms. The van der Waals surface area contributed by atoms with Crippen molar-refractivity contribution in [3.05, 3.63) is 43.0 Å². The minimum absolute atomic E-state index is 0.675. The minimum atomic E-state index is 0.675. The summed E-state index contributed by atoms with van der Waals surface area (Å²) in [6.07, 6.45) is 7.39. The number of imidazole rings is 1. The summed E-state index contributed by atoms with van der Waals surface area (Å²) in [7, 11) is 6.15. The lowest BCUT2D eigenvalue weighted by molar-refractivity contribution is 0.313. The fourth-order valence-corrected chi connectivity index (χ4v) is 4.35. The van der Waals surface area contributed by atoms with Crippen LogP contribution >= 0.6 is 0 Å². The predicted octanol–water partition coefficient (Wildman–Crippen LogP) is 2.78. The van der Waals surface area contributed by atoms with Gasteiger partial charge in [0.25, 0.3) is 0 Å². The summed E-state index contributed by atoms with van der Waals surface area (Å²) in [5.41, 5.74) is 7.96. The van der Waals surface area contributed by atoms with Crippen LogP contribution in [0.4, 0.5) is 11.4 Å². The lowest BCUT2D eigenvalue weighted by Gasteiger charge is -2.33. The molecule has 0 aliphatic carbocycles. The Morgan fingerprint density at radius 3 is 2.53 bits per heavy atom. The van der Waals surface area contributed by atoms with Crippen molar-refractivity contribution in [2.75, 3.05) is 57.1 Å². The Morgan fingerprint density at radius 1 is 0.882 bits per heavy atom. The highest BCUT2D eigenvalue weighted by atomic mass is 15.3. The number of nitrogens with one attached hydrogen (secondary N) is 2. The highest BCUT2D eigenvalue weighted by molar-refractivity contribution is 5.94. The third-order valence-electron chi connectivity index (χ3n) is 6.39. The number of fused-ring (bicyclic) bond motifs is 2. The van der Waals surface area contributed by atoms with E-state index in [9.17, 15) is 0 Å². The summed E-state index contributed by atoms with van der Waals surface area (Å²) >= 11 is 0. The fourth-order valence-electron chi connectivity index (χ4n) is 4.35. The van der Waals surface area contributed by atoms with Gasteiger partial charge in [-0.15, -0.1) is 0 Å². The molecule has 0 unspecified atom stereocenters. The maximum absolute atomic E-state index is 4.95. The van der Waals surface area contributed by atoms with E-state index in [4.69, 9.17) is 9.97 Å². The van der Waals surface area contributed by atoms with Crippen LogP contribution in [0.1, 0.15) is 0 Å². The van der Waals surface area contributed by atoms with Gasteiger partial charge in [-0.05, 0) is 25.2 Å². The maximum atomic E-state index is 4.95. The van der Waals surface area contributed by atoms with Gasteiger partial charge in [0.15, 0.2) is 11.5 Å². The number of piperazine rings is 1. The van der Waals surface area contributed by atoms with Crippen molar-refractivity contribution >= 4 is 33.4 Å². The van der Waals surface area contributed by atoms with Crippen LogP contribution < -0.4 is 9.80 Å². The van der Waals surface area contributed by atoms with E-state index in [0.29, 0.717) is 11.5 Å². The number of hydrogen-bond acceptors (Lipinski definition) is 8. The summed E-state index contributed by atoms with van der Waals surface area (Å²) in [6.45, 7) is 3.95. The molecule has 1 aliphatic heterocycles. The van der Waals surface area contributed by atoms with Crippen LogP contribution in [0, 0.1) is 0 Å². The monoisotopic (exact) mass is 454 g/mol. The van der Waals surface area contributed by atoms with Gasteiger partial charge >= 0.3 is 0 Å². The quantitative estimate of drug-likeness (QED) is 0.427. The number of pyridine rings is 3. The van der Waals surface area contributed by atoms with Crippen LogP contribution in [0.15, 0.2) is 43.0 Å². The number of likely N-dealkylation sites (N-methyl/N-ethyl adjacent to an activating group) is 1. The van der Waals surface area contributed by atoms with Crippen molar-refractivity contribution in [2.45, 2.75) is 0 Å². The van der Waals surface area contributed by atoms with E-state index in [1.165, 1.54) is 0 Å². The summed E-state index contributed by atoms with van der Waals surface area (Å²) in [6, 6.07) is 6.06. The molecule has 0 amide bonds. The molecule has 0 atom stereocenters. The van der Waals surface area contributed by atoms with E-state index in [2.05, 4.69) is 48.1 Å². The minimum Gasteiger partial charge on any atom is -0.376 e. The van der Waals surface area contributed by atoms with Gasteiger partial charge in [-0.3, -0.25) is 15.1 Å². The Hall–Kier alpha value is -4.05. The standard InChI is InChI=1S/C24H26N10/c1-32(2)16-10-15(11-25-12-16)17-4-5-18-22(27-17)23(31-30-18)24-28-19-13-26-14-20(21(19)29-24)34-8-6-33(3)7-9-34/h4-5,10-14H,6-9H2,1-3H3,(H,28,29)(H,30,31). The molecule has 0 saturated carbocycles. The number of anilines is 2. The van der Waals surface area contributed by atoms with E-state index in [1.54, 1.807) is 0 Å². The molecular formula is C24H26N10. The third-order valence-corrected chi connectivity index (χ3v) is 6.39. The first-order valence-corrected chi connectivity index (χ1v) is 11.3. The molecule has 0 spiro atoms. The number of rotatable bonds is 4. The third kappa shape index (κ3) is 3.52. The van der Waals surface area contributed by atoms with Crippen molar-refractivity contribution in [3.63, 3.8) is 0 Å². The molecule has 1 saturated heterocycles. The van der Waals surface area contributed by atoms with E-state index < -0.39 is 0 Å². The van der Waals surface area contributed by atoms with Gasteiger partial charge in [-0.25, -0.2) is 9.97 Å². The number of aromatic amines is 2. The van der Waals surface area contributed by atoms with Crippen LogP contribution in [-0.4, -0.2) is 87.3 Å². The molecule has 6 heterocycles. The van der Waals surface area contributed by atoms with Gasteiger partial charge in [0.1, 0.15) is 11.0 Å². The molecule has 0 aromatic carbocycles. The second kappa shape index (κ2) is 8.07. The second-order valence-corrected chi connectivity index (χ2v) is 8.92. The molecule has 0 radical (unpaired) electrons. The normalized spacial score (nSPS) is 14.9. The summed E-state index contributed by atoms with van der Waals surface area (Å²) < 4.78 is 0. The zero-order valence-electron chi connectivity index (χ0n) is 19.4. The predicted molar refractivity (Wildman–Crippen MR) is 134 cm³/mol. The average Bonchev–Trinajstić information content (AvgIpc) is 3.48. The number of aromatic nitrogens is 7. The molecule has 10 nitrogen and oxygen atoms in total. The van der Waals surface area contributed by atoms with Crippen LogP contribution in [0.5, 0.6) is 0 Å². The first-order chi connectivity index (χ1) is 16.6. The molecule has 5 aromatic rings. The Labute approximate surface area is 196 Å². The zero-order chi connectivity index (χ0) is 23.2. The van der Waals surface area contributed by atoms with Crippen molar-refractivity contribution in [2.24, 2.45) is 0 Å². The van der Waals surface area contributed by atoms with Crippen molar-refractivity contribution in [3.8, 4) is 22.8 Å². The highest BCUT2D eigenvalue weighted by Crippen LogP contribution is 2.31. The number of H-pyrrole nitrogens is 2. The molecule has 5 aromatic heterocycles. The van der Waals surface area contributed by atoms with E-state index in [1.807, 2.05) is 55.9 Å². The van der Waals surface area contributed by atoms with Crippen molar-refractivity contribution in [1.29, 1.82) is 0 Å². The van der Waals surface area contributed by atoms with E-state index in [0.717, 1.165) is 70.9 Å². The number of nitrogens with zero attached hydrogens (tertiary/aromatic N) is 8. The summed E-state index contributed by atoms with van der Waals surface area (Å²) in [5.74, 6) is 0.675. The molecule has 2 N–H and O–H groups in total. The Morgan fingerprint density at radius 2 is 1.71 bits per heavy atom. The largest absolute Gasteiger partial charge is 0.376 e. The van der Waals surface area contributed by atoms with Crippen molar-refractivity contribution < 1.29 is 0 Å². The molecule has 172 valence electrons. The first-order valence-electron chi connectivity index (χ1n) is 11.3. The lowest BCUT2D eigenvalue weighted by Crippen LogP contribution is -2.44. The molecule has 6 rings (SSSR count). The Kier molecular flexibility index (Phi) is 4.88. The van der Waals surface area contributed by atoms with Gasteiger partial charge in [0, 0.05) is 52.0 Å². The molecule has 1 fully saturated rings.